The lowest BCUT2D eigenvalue weighted by molar-refractivity contribution is -0.141. The number of rotatable bonds is 3. The van der Waals surface area contributed by atoms with E-state index >= 15 is 0 Å². The average Bonchev–Trinajstić information content (AvgIpc) is 2.95. The second-order valence-electron chi connectivity index (χ2n) is 5.18. The number of carbonyl (C=O) groups excluding carboxylic acids is 1. The molecule has 0 saturated heterocycles. The largest absolute Gasteiger partial charge is 0.433 e. The number of nitrogens with one attached hydrogen (secondary N) is 1. The van der Waals surface area contributed by atoms with Gasteiger partial charge in [-0.15, -0.1) is 0 Å². The van der Waals surface area contributed by atoms with Crippen molar-refractivity contribution in [2.45, 2.75) is 13.1 Å². The van der Waals surface area contributed by atoms with Gasteiger partial charge in [0.1, 0.15) is 5.69 Å². The zero-order chi connectivity index (χ0) is 18.0. The zero-order valence-corrected chi connectivity index (χ0v) is 13.8. The summed E-state index contributed by atoms with van der Waals surface area (Å²) in [5, 5.41) is 2.97. The number of aryl methyl sites for hydroxylation is 1. The number of hydrogen-bond donors (Lipinski definition) is 1. The molecule has 0 aliphatic rings. The smallest absolute Gasteiger partial charge is 0.298 e. The number of anilines is 1. The Balaban J connectivity index is 1.78. The molecule has 0 saturated carbocycles. The molecule has 3 aromatic rings. The third kappa shape index (κ3) is 3.85. The van der Waals surface area contributed by atoms with Crippen molar-refractivity contribution >= 4 is 22.4 Å². The van der Waals surface area contributed by atoms with Crippen molar-refractivity contribution in [3.05, 3.63) is 65.6 Å². The summed E-state index contributed by atoms with van der Waals surface area (Å²) in [6.07, 6.45) is -3.64. The van der Waals surface area contributed by atoms with Crippen molar-refractivity contribution in [3.8, 4) is 10.4 Å². The predicted octanol–water partition coefficient (Wildman–Crippen LogP) is 4.78. The molecule has 2 heterocycles. The summed E-state index contributed by atoms with van der Waals surface area (Å²) in [6.45, 7) is 1.83. The van der Waals surface area contributed by atoms with Gasteiger partial charge in [0, 0.05) is 6.20 Å². The van der Waals surface area contributed by atoms with Crippen LogP contribution in [0.3, 0.4) is 0 Å². The van der Waals surface area contributed by atoms with Gasteiger partial charge >= 0.3 is 6.18 Å². The highest BCUT2D eigenvalue weighted by Gasteiger charge is 2.32. The van der Waals surface area contributed by atoms with Crippen molar-refractivity contribution in [3.63, 3.8) is 0 Å². The molecule has 2 aromatic heterocycles. The first-order valence-corrected chi connectivity index (χ1v) is 8.03. The first kappa shape index (κ1) is 17.1. The van der Waals surface area contributed by atoms with Crippen LogP contribution in [0.1, 0.15) is 21.7 Å². The molecule has 0 radical (unpaired) electrons. The van der Waals surface area contributed by atoms with Crippen LogP contribution < -0.4 is 5.32 Å². The van der Waals surface area contributed by atoms with E-state index in [2.05, 4.69) is 15.3 Å². The highest BCUT2D eigenvalue weighted by molar-refractivity contribution is 7.19. The Morgan fingerprint density at radius 3 is 2.44 bits per heavy atom. The van der Waals surface area contributed by atoms with E-state index in [1.54, 1.807) is 0 Å². The topological polar surface area (TPSA) is 54.9 Å². The van der Waals surface area contributed by atoms with Crippen LogP contribution in [-0.2, 0) is 6.18 Å². The minimum atomic E-state index is -4.54. The molecule has 0 fully saturated rings. The molecule has 0 unspecified atom stereocenters. The molecule has 0 bridgehead atoms. The molecule has 1 aromatic carbocycles. The van der Waals surface area contributed by atoms with Gasteiger partial charge in [0.2, 0.25) is 0 Å². The number of benzene rings is 1. The van der Waals surface area contributed by atoms with Crippen LogP contribution in [0.5, 0.6) is 0 Å². The number of thiazole rings is 1. The number of hydrogen-bond acceptors (Lipinski definition) is 4. The van der Waals surface area contributed by atoms with E-state index in [1.165, 1.54) is 11.3 Å². The number of amides is 1. The number of nitrogens with zero attached hydrogens (tertiary/aromatic N) is 2. The normalized spacial score (nSPS) is 11.4. The number of carbonyl (C=O) groups is 1. The van der Waals surface area contributed by atoms with Gasteiger partial charge in [-0.2, -0.15) is 13.2 Å². The highest BCUT2D eigenvalue weighted by atomic mass is 32.1. The monoisotopic (exact) mass is 363 g/mol. The lowest BCUT2D eigenvalue weighted by Gasteiger charge is -2.06. The van der Waals surface area contributed by atoms with Gasteiger partial charge in [-0.25, -0.2) is 4.98 Å². The van der Waals surface area contributed by atoms with Gasteiger partial charge in [-0.05, 0) is 24.6 Å². The fourth-order valence-corrected chi connectivity index (χ4v) is 3.14. The fourth-order valence-electron chi connectivity index (χ4n) is 2.17. The van der Waals surface area contributed by atoms with E-state index in [9.17, 15) is 18.0 Å². The van der Waals surface area contributed by atoms with Crippen LogP contribution in [0.2, 0.25) is 0 Å². The standard InChI is InChI=1S/C17H12F3N3OS/c1-10-14(11-5-3-2-4-6-11)25-16(22-10)23-15(24)12-7-8-13(21-9-12)17(18,19)20/h2-9H,1H3,(H,22,23,24). The van der Waals surface area contributed by atoms with E-state index in [0.29, 0.717) is 5.13 Å². The Hall–Kier alpha value is -2.74. The van der Waals surface area contributed by atoms with Gasteiger partial charge in [-0.1, -0.05) is 41.7 Å². The maximum atomic E-state index is 12.5. The van der Waals surface area contributed by atoms with Gasteiger partial charge < -0.3 is 0 Å². The Bertz CT molecular complexity index is 890. The predicted molar refractivity (Wildman–Crippen MR) is 89.5 cm³/mol. The third-order valence-corrected chi connectivity index (χ3v) is 4.49. The SMILES string of the molecule is Cc1nc(NC(=O)c2ccc(C(F)(F)F)nc2)sc1-c1ccccc1. The minimum absolute atomic E-state index is 0.0297. The molecule has 1 amide bonds. The molecule has 0 aliphatic heterocycles. The Labute approximate surface area is 145 Å². The first-order chi connectivity index (χ1) is 11.8. The van der Waals surface area contributed by atoms with Crippen molar-refractivity contribution in [1.82, 2.24) is 9.97 Å². The number of pyridine rings is 1. The average molecular weight is 363 g/mol. The zero-order valence-electron chi connectivity index (χ0n) is 13.0. The molecule has 128 valence electrons. The summed E-state index contributed by atoms with van der Waals surface area (Å²) in [5.74, 6) is -0.561. The van der Waals surface area contributed by atoms with Crippen molar-refractivity contribution in [2.75, 3.05) is 5.32 Å². The maximum absolute atomic E-state index is 12.5. The molecule has 0 spiro atoms. The second kappa shape index (κ2) is 6.64. The Morgan fingerprint density at radius 1 is 1.12 bits per heavy atom. The van der Waals surface area contributed by atoms with E-state index in [1.807, 2.05) is 37.3 Å². The summed E-state index contributed by atoms with van der Waals surface area (Å²) in [6, 6.07) is 11.4. The number of aromatic nitrogens is 2. The Kier molecular flexibility index (Phi) is 4.54. The second-order valence-corrected chi connectivity index (χ2v) is 6.18. The maximum Gasteiger partial charge on any atom is 0.433 e. The summed E-state index contributed by atoms with van der Waals surface area (Å²) in [7, 11) is 0. The molecule has 8 heteroatoms. The van der Waals surface area contributed by atoms with Crippen LogP contribution in [0, 0.1) is 6.92 Å². The van der Waals surface area contributed by atoms with Gasteiger partial charge in [-0.3, -0.25) is 15.1 Å². The van der Waals surface area contributed by atoms with Crippen LogP contribution >= 0.6 is 11.3 Å². The van der Waals surface area contributed by atoms with Crippen LogP contribution in [-0.4, -0.2) is 15.9 Å². The molecular weight excluding hydrogens is 351 g/mol. The molecule has 25 heavy (non-hydrogen) atoms. The van der Waals surface area contributed by atoms with E-state index in [4.69, 9.17) is 0 Å². The lowest BCUT2D eigenvalue weighted by Crippen LogP contribution is -2.14. The van der Waals surface area contributed by atoms with Crippen molar-refractivity contribution in [2.24, 2.45) is 0 Å². The third-order valence-electron chi connectivity index (χ3n) is 3.37. The quantitative estimate of drug-likeness (QED) is 0.728. The lowest BCUT2D eigenvalue weighted by atomic mass is 10.2. The minimum Gasteiger partial charge on any atom is -0.298 e. The molecule has 1 N–H and O–H groups in total. The highest BCUT2D eigenvalue weighted by Crippen LogP contribution is 2.32. The fraction of sp³-hybridized carbons (Fsp3) is 0.118. The van der Waals surface area contributed by atoms with Gasteiger partial charge in [0.25, 0.3) is 5.91 Å². The van der Waals surface area contributed by atoms with E-state index in [-0.39, 0.29) is 5.56 Å². The van der Waals surface area contributed by atoms with Crippen LogP contribution in [0.4, 0.5) is 18.3 Å². The Morgan fingerprint density at radius 2 is 1.84 bits per heavy atom. The number of alkyl halides is 3. The van der Waals surface area contributed by atoms with Gasteiger partial charge in [0.15, 0.2) is 5.13 Å². The van der Waals surface area contributed by atoms with E-state index in [0.717, 1.165) is 34.5 Å². The molecule has 3 rings (SSSR count). The number of halogens is 3. The summed E-state index contributed by atoms with van der Waals surface area (Å²) < 4.78 is 37.5. The molecule has 0 aliphatic carbocycles. The van der Waals surface area contributed by atoms with Crippen molar-refractivity contribution in [1.29, 1.82) is 0 Å². The van der Waals surface area contributed by atoms with E-state index < -0.39 is 17.8 Å². The summed E-state index contributed by atoms with van der Waals surface area (Å²) in [4.78, 5) is 20.7. The summed E-state index contributed by atoms with van der Waals surface area (Å²) in [5.41, 5.74) is 0.730. The van der Waals surface area contributed by atoms with Crippen molar-refractivity contribution < 1.29 is 18.0 Å². The first-order valence-electron chi connectivity index (χ1n) is 7.22. The van der Waals surface area contributed by atoms with Gasteiger partial charge in [0.05, 0.1) is 16.1 Å². The molecule has 0 atom stereocenters. The van der Waals surface area contributed by atoms with Crippen LogP contribution in [0.25, 0.3) is 10.4 Å². The molecular formula is C17H12F3N3OS. The molecule has 4 nitrogen and oxygen atoms in total. The van der Waals surface area contributed by atoms with Crippen LogP contribution in [0.15, 0.2) is 48.7 Å². The summed E-state index contributed by atoms with van der Waals surface area (Å²) >= 11 is 1.30.